The highest BCUT2D eigenvalue weighted by molar-refractivity contribution is 9.10. The molecule has 0 atom stereocenters. The van der Waals surface area contributed by atoms with Gasteiger partial charge in [-0.15, -0.1) is 10.2 Å². The number of halogens is 1. The highest BCUT2D eigenvalue weighted by Crippen LogP contribution is 2.20. The average molecular weight is 423 g/mol. The molecule has 1 heterocycles. The molecule has 0 bridgehead atoms. The highest BCUT2D eigenvalue weighted by atomic mass is 79.9. The number of carbonyl (C=O) groups excluding carboxylic acids is 1. The molecular weight excluding hydrogens is 408 g/mol. The summed E-state index contributed by atoms with van der Waals surface area (Å²) in [4.78, 5) is 14.0. The Kier molecular flexibility index (Phi) is 4.60. The monoisotopic (exact) mass is 422 g/mol. The largest absolute Gasteiger partial charge is 0.497 e. The Morgan fingerprint density at radius 1 is 1.00 bits per heavy atom. The van der Waals surface area contributed by atoms with Gasteiger partial charge >= 0.3 is 0 Å². The molecule has 0 unspecified atom stereocenters. The van der Waals surface area contributed by atoms with Crippen molar-refractivity contribution in [3.63, 3.8) is 0 Å². The first-order valence-corrected chi connectivity index (χ1v) is 9.00. The lowest BCUT2D eigenvalue weighted by molar-refractivity contribution is 0.102. The van der Waals surface area contributed by atoms with Gasteiger partial charge in [-0.1, -0.05) is 22.0 Å². The number of rotatable bonds is 4. The van der Waals surface area contributed by atoms with E-state index in [2.05, 4.69) is 31.4 Å². The van der Waals surface area contributed by atoms with Crippen molar-refractivity contribution in [2.24, 2.45) is 0 Å². The smallest absolute Gasteiger partial charge is 0.255 e. The summed E-state index contributed by atoms with van der Waals surface area (Å²) in [5.74, 6) is 0.589. The minimum atomic E-state index is -0.182. The zero-order chi connectivity index (χ0) is 18.8. The van der Waals surface area contributed by atoms with E-state index < -0.39 is 0 Å². The number of hydrogen-bond acceptors (Lipinski definition) is 4. The maximum Gasteiger partial charge on any atom is 0.255 e. The van der Waals surface area contributed by atoms with E-state index in [0.29, 0.717) is 16.8 Å². The third kappa shape index (κ3) is 3.68. The standard InChI is InChI=1S/C20H15BrN4O2/c1-27-17-8-6-16(7-9-17)25-23-18-10-5-15(12-19(18)24-25)22-20(26)13-3-2-4-14(21)11-13/h2-12H,1H3,(H,22,26). The van der Waals surface area contributed by atoms with Crippen molar-refractivity contribution in [3.8, 4) is 11.4 Å². The zero-order valence-electron chi connectivity index (χ0n) is 14.4. The Morgan fingerprint density at radius 3 is 2.52 bits per heavy atom. The van der Waals surface area contributed by atoms with Crippen molar-refractivity contribution >= 4 is 38.6 Å². The number of fused-ring (bicyclic) bond motifs is 1. The molecule has 0 spiro atoms. The van der Waals surface area contributed by atoms with Crippen LogP contribution >= 0.6 is 15.9 Å². The van der Waals surface area contributed by atoms with E-state index in [1.54, 1.807) is 30.1 Å². The van der Waals surface area contributed by atoms with Crippen LogP contribution in [-0.4, -0.2) is 28.0 Å². The van der Waals surface area contributed by atoms with Crippen LogP contribution in [0.25, 0.3) is 16.7 Å². The number of hydrogen-bond donors (Lipinski definition) is 1. The number of ether oxygens (including phenoxy) is 1. The molecule has 0 aliphatic rings. The lowest BCUT2D eigenvalue weighted by Crippen LogP contribution is -2.11. The summed E-state index contributed by atoms with van der Waals surface area (Å²) in [5.41, 5.74) is 3.50. The first-order valence-electron chi connectivity index (χ1n) is 8.21. The molecule has 0 saturated heterocycles. The van der Waals surface area contributed by atoms with Gasteiger partial charge in [0.05, 0.1) is 12.8 Å². The van der Waals surface area contributed by atoms with E-state index in [1.165, 1.54) is 0 Å². The lowest BCUT2D eigenvalue weighted by atomic mass is 10.2. The van der Waals surface area contributed by atoms with Gasteiger partial charge in [-0.3, -0.25) is 4.79 Å². The van der Waals surface area contributed by atoms with Gasteiger partial charge in [0.25, 0.3) is 5.91 Å². The molecule has 0 fully saturated rings. The van der Waals surface area contributed by atoms with Gasteiger partial charge in [0.15, 0.2) is 0 Å². The fourth-order valence-corrected chi connectivity index (χ4v) is 3.06. The minimum Gasteiger partial charge on any atom is -0.497 e. The third-order valence-electron chi connectivity index (χ3n) is 4.03. The molecule has 6 nitrogen and oxygen atoms in total. The SMILES string of the molecule is COc1ccc(-n2nc3ccc(NC(=O)c4cccc(Br)c4)cc3n2)cc1. The number of anilines is 1. The average Bonchev–Trinajstić information content (AvgIpc) is 3.11. The van der Waals surface area contributed by atoms with Crippen molar-refractivity contribution in [3.05, 3.63) is 76.8 Å². The fourth-order valence-electron chi connectivity index (χ4n) is 2.66. The van der Waals surface area contributed by atoms with Crippen LogP contribution in [0.15, 0.2) is 71.2 Å². The summed E-state index contributed by atoms with van der Waals surface area (Å²) >= 11 is 3.37. The molecule has 7 heteroatoms. The van der Waals surface area contributed by atoms with Gasteiger partial charge < -0.3 is 10.1 Å². The number of nitrogens with one attached hydrogen (secondary N) is 1. The molecule has 0 aliphatic heterocycles. The number of carbonyl (C=O) groups is 1. The van der Waals surface area contributed by atoms with Crippen LogP contribution in [0.5, 0.6) is 5.75 Å². The number of aromatic nitrogens is 3. The molecule has 1 N–H and O–H groups in total. The highest BCUT2D eigenvalue weighted by Gasteiger charge is 2.09. The molecule has 1 aromatic heterocycles. The molecule has 1 amide bonds. The van der Waals surface area contributed by atoms with Crippen LogP contribution in [0, 0.1) is 0 Å². The first-order chi connectivity index (χ1) is 13.1. The van der Waals surface area contributed by atoms with E-state index in [0.717, 1.165) is 21.4 Å². The van der Waals surface area contributed by atoms with Gasteiger partial charge in [0.1, 0.15) is 16.8 Å². The van der Waals surface area contributed by atoms with Crippen molar-refractivity contribution in [1.29, 1.82) is 0 Å². The van der Waals surface area contributed by atoms with Crippen molar-refractivity contribution in [2.75, 3.05) is 12.4 Å². The Morgan fingerprint density at radius 2 is 1.78 bits per heavy atom. The van der Waals surface area contributed by atoms with Crippen molar-refractivity contribution in [1.82, 2.24) is 15.0 Å². The van der Waals surface area contributed by atoms with Gasteiger partial charge in [-0.05, 0) is 60.7 Å². The second-order valence-corrected chi connectivity index (χ2v) is 6.77. The molecule has 0 aliphatic carbocycles. The van der Waals surface area contributed by atoms with E-state index in [4.69, 9.17) is 4.74 Å². The van der Waals surface area contributed by atoms with Crippen LogP contribution in [0.3, 0.4) is 0 Å². The number of nitrogens with zero attached hydrogens (tertiary/aromatic N) is 3. The fraction of sp³-hybridized carbons (Fsp3) is 0.0500. The molecule has 134 valence electrons. The summed E-state index contributed by atoms with van der Waals surface area (Å²) < 4.78 is 6.02. The Bertz CT molecular complexity index is 1120. The summed E-state index contributed by atoms with van der Waals surface area (Å²) in [6.07, 6.45) is 0. The van der Waals surface area contributed by atoms with Crippen molar-refractivity contribution < 1.29 is 9.53 Å². The summed E-state index contributed by atoms with van der Waals surface area (Å²) in [6, 6.07) is 20.2. The summed E-state index contributed by atoms with van der Waals surface area (Å²) in [5, 5.41) is 11.9. The van der Waals surface area contributed by atoms with E-state index in [9.17, 15) is 4.79 Å². The second kappa shape index (κ2) is 7.20. The Balaban J connectivity index is 1.59. The molecule has 27 heavy (non-hydrogen) atoms. The van der Waals surface area contributed by atoms with Crippen LogP contribution in [-0.2, 0) is 0 Å². The molecule has 0 saturated carbocycles. The predicted molar refractivity (Wildman–Crippen MR) is 108 cm³/mol. The molecule has 4 rings (SSSR count). The first kappa shape index (κ1) is 17.2. The van der Waals surface area contributed by atoms with Crippen LogP contribution in [0.4, 0.5) is 5.69 Å². The van der Waals surface area contributed by atoms with Gasteiger partial charge in [-0.2, -0.15) is 4.80 Å². The predicted octanol–water partition coefficient (Wildman–Crippen LogP) is 4.44. The summed E-state index contributed by atoms with van der Waals surface area (Å²) in [7, 11) is 1.62. The number of methoxy groups -OCH3 is 1. The van der Waals surface area contributed by atoms with Gasteiger partial charge in [-0.25, -0.2) is 0 Å². The maximum absolute atomic E-state index is 12.4. The quantitative estimate of drug-likeness (QED) is 0.527. The van der Waals surface area contributed by atoms with Crippen molar-refractivity contribution in [2.45, 2.75) is 0 Å². The topological polar surface area (TPSA) is 69.0 Å². The second-order valence-electron chi connectivity index (χ2n) is 5.86. The van der Waals surface area contributed by atoms with E-state index in [1.807, 2.05) is 48.5 Å². The van der Waals surface area contributed by atoms with Gasteiger partial charge in [0, 0.05) is 15.7 Å². The lowest BCUT2D eigenvalue weighted by Gasteiger charge is -2.05. The van der Waals surface area contributed by atoms with Crippen LogP contribution < -0.4 is 10.1 Å². The molecule has 4 aromatic rings. The third-order valence-corrected chi connectivity index (χ3v) is 4.52. The zero-order valence-corrected chi connectivity index (χ0v) is 16.0. The van der Waals surface area contributed by atoms with Crippen LogP contribution in [0.1, 0.15) is 10.4 Å². The Hall–Kier alpha value is -3.19. The normalized spacial score (nSPS) is 10.7. The maximum atomic E-state index is 12.4. The van der Waals surface area contributed by atoms with E-state index in [-0.39, 0.29) is 5.91 Å². The Labute approximate surface area is 163 Å². The molecule has 0 radical (unpaired) electrons. The minimum absolute atomic E-state index is 0.182. The van der Waals surface area contributed by atoms with E-state index >= 15 is 0 Å². The molecular formula is C20H15BrN4O2. The molecule has 3 aromatic carbocycles. The van der Waals surface area contributed by atoms with Crippen LogP contribution in [0.2, 0.25) is 0 Å². The summed E-state index contributed by atoms with van der Waals surface area (Å²) in [6.45, 7) is 0. The number of amides is 1. The van der Waals surface area contributed by atoms with Gasteiger partial charge in [0.2, 0.25) is 0 Å². The number of benzene rings is 3.